The normalized spacial score (nSPS) is 11.1. The van der Waals surface area contributed by atoms with Crippen molar-refractivity contribution in [2.75, 3.05) is 5.73 Å². The molecular formula is C14H18N2. The molecule has 0 aliphatic carbocycles. The van der Waals surface area contributed by atoms with Crippen molar-refractivity contribution >= 4 is 16.6 Å². The highest BCUT2D eigenvalue weighted by molar-refractivity contribution is 5.95. The van der Waals surface area contributed by atoms with E-state index in [1.54, 1.807) is 0 Å². The van der Waals surface area contributed by atoms with Crippen LogP contribution in [0, 0.1) is 34.6 Å². The lowest BCUT2D eigenvalue weighted by Crippen LogP contribution is -2.00. The van der Waals surface area contributed by atoms with E-state index in [1.165, 1.54) is 16.7 Å². The first-order chi connectivity index (χ1) is 7.43. The lowest BCUT2D eigenvalue weighted by Gasteiger charge is -2.13. The highest BCUT2D eigenvalue weighted by Gasteiger charge is 2.11. The minimum absolute atomic E-state index is 0.869. The van der Waals surface area contributed by atoms with E-state index in [1.807, 2.05) is 13.8 Å². The average Bonchev–Trinajstić information content (AvgIpc) is 2.25. The second-order valence-electron chi connectivity index (χ2n) is 4.58. The van der Waals surface area contributed by atoms with Gasteiger partial charge in [0.25, 0.3) is 0 Å². The summed E-state index contributed by atoms with van der Waals surface area (Å²) >= 11 is 0. The molecule has 0 saturated carbocycles. The van der Waals surface area contributed by atoms with Crippen LogP contribution in [0.2, 0.25) is 0 Å². The van der Waals surface area contributed by atoms with Gasteiger partial charge in [0.2, 0.25) is 0 Å². The molecular weight excluding hydrogens is 196 g/mol. The second kappa shape index (κ2) is 3.48. The zero-order chi connectivity index (χ0) is 12.0. The summed E-state index contributed by atoms with van der Waals surface area (Å²) in [6.45, 7) is 10.4. The number of hydrogen-bond acceptors (Lipinski definition) is 2. The Hall–Kier alpha value is -1.57. The van der Waals surface area contributed by atoms with Gasteiger partial charge in [-0.1, -0.05) is 0 Å². The van der Waals surface area contributed by atoms with E-state index >= 15 is 0 Å². The van der Waals surface area contributed by atoms with Crippen LogP contribution in [0.5, 0.6) is 0 Å². The van der Waals surface area contributed by atoms with Gasteiger partial charge in [-0.2, -0.15) is 0 Å². The average molecular weight is 214 g/mol. The third-order valence-corrected chi connectivity index (χ3v) is 3.64. The zero-order valence-corrected chi connectivity index (χ0v) is 10.6. The minimum Gasteiger partial charge on any atom is -0.398 e. The number of anilines is 1. The standard InChI is InChI=1S/C14H18N2/c1-7-6-12-13(15)10(4)11(5)16-14(12)9(3)8(7)2/h6H,1-5H3,(H2,15,16). The Morgan fingerprint density at radius 3 is 2.19 bits per heavy atom. The number of hydrogen-bond donors (Lipinski definition) is 1. The fourth-order valence-corrected chi connectivity index (χ4v) is 2.07. The van der Waals surface area contributed by atoms with Crippen LogP contribution in [0.1, 0.15) is 27.9 Å². The van der Waals surface area contributed by atoms with E-state index in [-0.39, 0.29) is 0 Å². The molecule has 2 heteroatoms. The smallest absolute Gasteiger partial charge is 0.0758 e. The molecule has 16 heavy (non-hydrogen) atoms. The summed E-state index contributed by atoms with van der Waals surface area (Å²) < 4.78 is 0. The van der Waals surface area contributed by atoms with E-state index in [0.29, 0.717) is 0 Å². The summed E-state index contributed by atoms with van der Waals surface area (Å²) in [7, 11) is 0. The van der Waals surface area contributed by atoms with E-state index in [9.17, 15) is 0 Å². The fourth-order valence-electron chi connectivity index (χ4n) is 2.07. The summed E-state index contributed by atoms with van der Waals surface area (Å²) in [5, 5.41) is 1.09. The molecule has 0 aliphatic rings. The van der Waals surface area contributed by atoms with Crippen LogP contribution in [-0.2, 0) is 0 Å². The quantitative estimate of drug-likeness (QED) is 0.730. The summed E-state index contributed by atoms with van der Waals surface area (Å²) in [6.07, 6.45) is 0. The number of aryl methyl sites for hydroxylation is 3. The molecule has 0 fully saturated rings. The van der Waals surface area contributed by atoms with Gasteiger partial charge in [-0.3, -0.25) is 4.98 Å². The van der Waals surface area contributed by atoms with Gasteiger partial charge in [0.05, 0.1) is 5.52 Å². The molecule has 0 saturated heterocycles. The van der Waals surface area contributed by atoms with Crippen molar-refractivity contribution in [2.24, 2.45) is 0 Å². The third kappa shape index (κ3) is 1.37. The van der Waals surface area contributed by atoms with Crippen molar-refractivity contribution in [3.05, 3.63) is 34.0 Å². The first-order valence-electron chi connectivity index (χ1n) is 5.56. The van der Waals surface area contributed by atoms with Crippen LogP contribution in [0.25, 0.3) is 10.9 Å². The Kier molecular flexibility index (Phi) is 2.38. The first-order valence-corrected chi connectivity index (χ1v) is 5.56. The predicted molar refractivity (Wildman–Crippen MR) is 69.8 cm³/mol. The maximum absolute atomic E-state index is 6.17. The maximum atomic E-state index is 6.17. The SMILES string of the molecule is Cc1cc2c(N)c(C)c(C)nc2c(C)c1C. The Bertz CT molecular complexity index is 530. The van der Waals surface area contributed by atoms with Crippen LogP contribution in [0.4, 0.5) is 5.69 Å². The van der Waals surface area contributed by atoms with Crippen molar-refractivity contribution in [1.29, 1.82) is 0 Å². The molecule has 0 amide bonds. The number of pyridine rings is 1. The van der Waals surface area contributed by atoms with Crippen molar-refractivity contribution in [3.63, 3.8) is 0 Å². The molecule has 0 atom stereocenters. The summed E-state index contributed by atoms with van der Waals surface area (Å²) in [4.78, 5) is 4.66. The van der Waals surface area contributed by atoms with Gasteiger partial charge in [0.15, 0.2) is 0 Å². The van der Waals surface area contributed by atoms with Gasteiger partial charge in [-0.05, 0) is 62.9 Å². The molecule has 1 heterocycles. The summed E-state index contributed by atoms with van der Waals surface area (Å²) in [5.74, 6) is 0. The zero-order valence-electron chi connectivity index (χ0n) is 10.6. The molecule has 0 radical (unpaired) electrons. The summed E-state index contributed by atoms with van der Waals surface area (Å²) in [6, 6.07) is 2.15. The van der Waals surface area contributed by atoms with Gasteiger partial charge >= 0.3 is 0 Å². The number of aromatic nitrogens is 1. The van der Waals surface area contributed by atoms with Crippen LogP contribution < -0.4 is 5.73 Å². The molecule has 0 aliphatic heterocycles. The van der Waals surface area contributed by atoms with E-state index in [2.05, 4.69) is 31.8 Å². The van der Waals surface area contributed by atoms with Crippen LogP contribution >= 0.6 is 0 Å². The van der Waals surface area contributed by atoms with E-state index in [0.717, 1.165) is 27.8 Å². The highest BCUT2D eigenvalue weighted by Crippen LogP contribution is 2.30. The van der Waals surface area contributed by atoms with Crippen molar-refractivity contribution in [2.45, 2.75) is 34.6 Å². The third-order valence-electron chi connectivity index (χ3n) is 3.64. The number of nitrogens with two attached hydrogens (primary N) is 1. The largest absolute Gasteiger partial charge is 0.398 e. The lowest BCUT2D eigenvalue weighted by atomic mass is 9.97. The van der Waals surface area contributed by atoms with Gasteiger partial charge < -0.3 is 5.73 Å². The van der Waals surface area contributed by atoms with Crippen LogP contribution in [0.15, 0.2) is 6.07 Å². The molecule has 0 unspecified atom stereocenters. The Morgan fingerprint density at radius 1 is 0.938 bits per heavy atom. The number of nitrogen functional groups attached to an aromatic ring is 1. The molecule has 1 aromatic heterocycles. The Balaban J connectivity index is 3.02. The molecule has 2 N–H and O–H groups in total. The maximum Gasteiger partial charge on any atom is 0.0758 e. The second-order valence-corrected chi connectivity index (χ2v) is 4.58. The van der Waals surface area contributed by atoms with E-state index < -0.39 is 0 Å². The minimum atomic E-state index is 0.869. The Labute approximate surface area is 96.5 Å². The predicted octanol–water partition coefficient (Wildman–Crippen LogP) is 3.36. The number of rotatable bonds is 0. The van der Waals surface area contributed by atoms with Crippen LogP contribution in [-0.4, -0.2) is 4.98 Å². The van der Waals surface area contributed by atoms with Gasteiger partial charge in [-0.15, -0.1) is 0 Å². The van der Waals surface area contributed by atoms with Gasteiger partial charge in [-0.25, -0.2) is 0 Å². The first kappa shape index (κ1) is 10.9. The monoisotopic (exact) mass is 214 g/mol. The topological polar surface area (TPSA) is 38.9 Å². The van der Waals surface area contributed by atoms with Crippen molar-refractivity contribution < 1.29 is 0 Å². The number of benzene rings is 1. The van der Waals surface area contributed by atoms with Crippen molar-refractivity contribution in [1.82, 2.24) is 4.98 Å². The van der Waals surface area contributed by atoms with Crippen molar-refractivity contribution in [3.8, 4) is 0 Å². The fraction of sp³-hybridized carbons (Fsp3) is 0.357. The van der Waals surface area contributed by atoms with Crippen LogP contribution in [0.3, 0.4) is 0 Å². The van der Waals surface area contributed by atoms with E-state index in [4.69, 9.17) is 5.73 Å². The molecule has 2 nitrogen and oxygen atoms in total. The molecule has 0 bridgehead atoms. The van der Waals surface area contributed by atoms with Gasteiger partial charge in [0.1, 0.15) is 0 Å². The van der Waals surface area contributed by atoms with Gasteiger partial charge in [0, 0.05) is 16.8 Å². The molecule has 0 spiro atoms. The molecule has 84 valence electrons. The molecule has 1 aromatic carbocycles. The molecule has 2 aromatic rings. The summed E-state index contributed by atoms with van der Waals surface area (Å²) in [5.41, 5.74) is 14.0. The number of fused-ring (bicyclic) bond motifs is 1. The number of nitrogens with zero attached hydrogens (tertiary/aromatic N) is 1. The lowest BCUT2D eigenvalue weighted by molar-refractivity contribution is 1.17. The molecule has 2 rings (SSSR count). The Morgan fingerprint density at radius 2 is 1.56 bits per heavy atom. The highest BCUT2D eigenvalue weighted by atomic mass is 14.7.